The van der Waals surface area contributed by atoms with Crippen molar-refractivity contribution in [3.8, 4) is 0 Å². The molecule has 0 heterocycles. The van der Waals surface area contributed by atoms with Gasteiger partial charge in [-0.25, -0.2) is 13.6 Å². The SMILES string of the molecule is CC(NC(=O)C(NC(=O)c1ccccc1)C1(C)C=C2CC3CC(CC23)C1)C(=O)NC(C(=O)C(=O)NCc1ccc(S(N)(=O)=O)cc1)C(C)C. The molecule has 262 valence electrons. The van der Waals surface area contributed by atoms with Gasteiger partial charge in [-0.05, 0) is 86.1 Å². The van der Waals surface area contributed by atoms with E-state index in [9.17, 15) is 32.4 Å². The van der Waals surface area contributed by atoms with Crippen molar-refractivity contribution in [3.63, 3.8) is 0 Å². The number of primary sulfonamides is 1. The number of carbonyl (C=O) groups is 5. The molecule has 3 aliphatic rings. The summed E-state index contributed by atoms with van der Waals surface area (Å²) in [5.74, 6) is -2.15. The van der Waals surface area contributed by atoms with E-state index < -0.39 is 68.9 Å². The quantitative estimate of drug-likeness (QED) is 0.157. The average Bonchev–Trinajstić information content (AvgIpc) is 3.31. The summed E-state index contributed by atoms with van der Waals surface area (Å²) in [4.78, 5) is 66.6. The summed E-state index contributed by atoms with van der Waals surface area (Å²) in [5, 5.41) is 16.0. The molecule has 0 spiro atoms. The van der Waals surface area contributed by atoms with Crippen LogP contribution in [0.1, 0.15) is 69.3 Å². The summed E-state index contributed by atoms with van der Waals surface area (Å²) < 4.78 is 23.0. The lowest BCUT2D eigenvalue weighted by Crippen LogP contribution is -2.60. The number of fused-ring (bicyclic) bond motifs is 1. The zero-order valence-corrected chi connectivity index (χ0v) is 29.0. The zero-order valence-electron chi connectivity index (χ0n) is 28.2. The Bertz CT molecular complexity index is 1760. The van der Waals surface area contributed by atoms with E-state index >= 15 is 0 Å². The monoisotopic (exact) mass is 691 g/mol. The standard InChI is InChI=1S/C36H45N5O7S/c1-20(2)29(30(42)34(45)38-19-22-10-12-27(13-11-22)49(37,47)48)40-32(43)21(3)39-35(46)31(41-33(44)24-8-6-5-7-9-24)36(4)17-23-14-25-16-26(18-36)28(25)15-23/h5-13,18,20-21,23,25,28-29,31H,14-17,19H2,1-4H3,(H,38,45)(H,39,46)(H,40,43)(H,41,44)(H2,37,47,48). The van der Waals surface area contributed by atoms with Crippen molar-refractivity contribution >= 4 is 39.4 Å². The maximum atomic E-state index is 14.0. The highest BCUT2D eigenvalue weighted by atomic mass is 32.2. The third-order valence-corrected chi connectivity index (χ3v) is 11.1. The molecule has 2 fully saturated rings. The Morgan fingerprint density at radius 2 is 1.57 bits per heavy atom. The Morgan fingerprint density at radius 3 is 2.20 bits per heavy atom. The molecule has 0 aromatic heterocycles. The molecule has 49 heavy (non-hydrogen) atoms. The Labute approximate surface area is 287 Å². The molecule has 2 bridgehead atoms. The second kappa shape index (κ2) is 14.2. The number of amides is 4. The number of nitrogens with two attached hydrogens (primary N) is 1. The predicted molar refractivity (Wildman–Crippen MR) is 182 cm³/mol. The minimum absolute atomic E-state index is 0.0615. The predicted octanol–water partition coefficient (Wildman–Crippen LogP) is 2.35. The topological polar surface area (TPSA) is 194 Å². The van der Waals surface area contributed by atoms with E-state index in [4.69, 9.17) is 5.14 Å². The van der Waals surface area contributed by atoms with Gasteiger partial charge in [-0.1, -0.05) is 62.8 Å². The first-order chi connectivity index (χ1) is 23.1. The van der Waals surface area contributed by atoms with Gasteiger partial charge in [-0.2, -0.15) is 0 Å². The van der Waals surface area contributed by atoms with E-state index in [1.165, 1.54) is 36.8 Å². The van der Waals surface area contributed by atoms with Crippen LogP contribution in [0.15, 0.2) is 71.1 Å². The van der Waals surface area contributed by atoms with E-state index in [0.717, 1.165) is 25.7 Å². The smallest absolute Gasteiger partial charge is 0.289 e. The van der Waals surface area contributed by atoms with Crippen molar-refractivity contribution in [1.29, 1.82) is 0 Å². The first-order valence-corrected chi connectivity index (χ1v) is 18.2. The van der Waals surface area contributed by atoms with Crippen molar-refractivity contribution in [2.24, 2.45) is 34.2 Å². The highest BCUT2D eigenvalue weighted by molar-refractivity contribution is 7.89. The number of carbonyl (C=O) groups excluding carboxylic acids is 5. The van der Waals surface area contributed by atoms with Crippen LogP contribution in [0.3, 0.4) is 0 Å². The summed E-state index contributed by atoms with van der Waals surface area (Å²) in [6.45, 7) is 6.78. The lowest BCUT2D eigenvalue weighted by molar-refractivity contribution is -0.141. The van der Waals surface area contributed by atoms with Gasteiger partial charge < -0.3 is 21.3 Å². The fourth-order valence-electron chi connectivity index (χ4n) is 7.57. The van der Waals surface area contributed by atoms with Crippen LogP contribution in [0, 0.1) is 29.1 Å². The second-order valence-electron chi connectivity index (χ2n) is 14.3. The minimum atomic E-state index is -3.88. The van der Waals surface area contributed by atoms with Crippen molar-refractivity contribution in [2.75, 3.05) is 0 Å². The van der Waals surface area contributed by atoms with Gasteiger partial charge in [-0.15, -0.1) is 0 Å². The van der Waals surface area contributed by atoms with Crippen LogP contribution in [0.25, 0.3) is 0 Å². The van der Waals surface area contributed by atoms with Crippen molar-refractivity contribution in [2.45, 2.75) is 82.9 Å². The number of allylic oxidation sites excluding steroid dienone is 1. The van der Waals surface area contributed by atoms with Crippen molar-refractivity contribution in [3.05, 3.63) is 77.4 Å². The zero-order chi connectivity index (χ0) is 35.7. The molecule has 12 nitrogen and oxygen atoms in total. The molecular formula is C36H45N5O7S. The Hall–Kier alpha value is -4.36. The number of benzene rings is 2. The van der Waals surface area contributed by atoms with Gasteiger partial charge in [0.25, 0.3) is 11.8 Å². The van der Waals surface area contributed by atoms with E-state index in [0.29, 0.717) is 28.9 Å². The van der Waals surface area contributed by atoms with Crippen molar-refractivity contribution in [1.82, 2.24) is 21.3 Å². The minimum Gasteiger partial charge on any atom is -0.345 e. The number of nitrogens with one attached hydrogen (secondary N) is 4. The second-order valence-corrected chi connectivity index (χ2v) is 15.9. The molecule has 13 heteroatoms. The molecule has 0 aliphatic heterocycles. The molecule has 6 N–H and O–H groups in total. The van der Waals surface area contributed by atoms with E-state index in [2.05, 4.69) is 27.3 Å². The normalized spacial score (nSPS) is 24.3. The molecule has 0 radical (unpaired) electrons. The highest BCUT2D eigenvalue weighted by Gasteiger charge is 2.52. The number of rotatable bonds is 13. The number of Topliss-reactive ketones (excluding diaryl/α,β-unsaturated/α-hetero) is 1. The molecule has 2 saturated carbocycles. The van der Waals surface area contributed by atoms with E-state index in [1.54, 1.807) is 44.2 Å². The molecule has 3 aliphatic carbocycles. The maximum Gasteiger partial charge on any atom is 0.289 e. The van der Waals surface area contributed by atoms with E-state index in [-0.39, 0.29) is 11.4 Å². The van der Waals surface area contributed by atoms with Gasteiger partial charge in [0.15, 0.2) is 0 Å². The summed E-state index contributed by atoms with van der Waals surface area (Å²) >= 11 is 0. The number of sulfonamides is 1. The average molecular weight is 692 g/mol. The Morgan fingerprint density at radius 1 is 0.898 bits per heavy atom. The Balaban J connectivity index is 1.25. The third kappa shape index (κ3) is 8.10. The maximum absolute atomic E-state index is 14.0. The largest absolute Gasteiger partial charge is 0.345 e. The van der Waals surface area contributed by atoms with Crippen LogP contribution in [0.2, 0.25) is 0 Å². The lowest BCUT2D eigenvalue weighted by Gasteiger charge is -2.42. The summed E-state index contributed by atoms with van der Waals surface area (Å²) in [6, 6.07) is 10.9. The fourth-order valence-corrected chi connectivity index (χ4v) is 8.08. The number of hydrogen-bond donors (Lipinski definition) is 5. The van der Waals surface area contributed by atoms with Gasteiger partial charge in [-0.3, -0.25) is 24.0 Å². The molecule has 2 aromatic carbocycles. The van der Waals surface area contributed by atoms with Crippen LogP contribution >= 0.6 is 0 Å². The van der Waals surface area contributed by atoms with Gasteiger partial charge in [0.05, 0.1) is 10.9 Å². The van der Waals surface area contributed by atoms with Crippen LogP contribution in [0.5, 0.6) is 0 Å². The Kier molecular flexibility index (Phi) is 10.4. The molecule has 0 saturated heterocycles. The van der Waals surface area contributed by atoms with Crippen LogP contribution in [0.4, 0.5) is 0 Å². The highest BCUT2D eigenvalue weighted by Crippen LogP contribution is 2.59. The summed E-state index contributed by atoms with van der Waals surface area (Å²) in [5.41, 5.74) is 1.60. The van der Waals surface area contributed by atoms with Gasteiger partial charge in [0, 0.05) is 17.5 Å². The first kappa shape index (κ1) is 35.9. The number of ketones is 1. The first-order valence-electron chi connectivity index (χ1n) is 16.7. The van der Waals surface area contributed by atoms with Crippen molar-refractivity contribution < 1.29 is 32.4 Å². The van der Waals surface area contributed by atoms with Gasteiger partial charge >= 0.3 is 0 Å². The molecule has 7 unspecified atom stereocenters. The lowest BCUT2D eigenvalue weighted by atomic mass is 9.65. The van der Waals surface area contributed by atoms with Gasteiger partial charge in [0.1, 0.15) is 12.1 Å². The molecule has 4 amide bonds. The fraction of sp³-hybridized carbons (Fsp3) is 0.472. The van der Waals surface area contributed by atoms with Crippen LogP contribution < -0.4 is 26.4 Å². The van der Waals surface area contributed by atoms with Gasteiger partial charge in [0.2, 0.25) is 27.6 Å². The number of hydrogen-bond acceptors (Lipinski definition) is 7. The third-order valence-electron chi connectivity index (χ3n) is 10.2. The molecule has 7 atom stereocenters. The molecular weight excluding hydrogens is 646 g/mol. The molecule has 2 aromatic rings. The summed E-state index contributed by atoms with van der Waals surface area (Å²) in [7, 11) is -3.88. The van der Waals surface area contributed by atoms with Crippen LogP contribution in [-0.4, -0.2) is 56.0 Å². The van der Waals surface area contributed by atoms with E-state index in [1.807, 2.05) is 6.92 Å². The van der Waals surface area contributed by atoms with Crippen LogP contribution in [-0.2, 0) is 35.7 Å². The summed E-state index contributed by atoms with van der Waals surface area (Å²) in [6.07, 6.45) is 6.12. The molecule has 5 rings (SSSR count).